The van der Waals surface area contributed by atoms with Crippen molar-refractivity contribution in [1.29, 1.82) is 0 Å². The van der Waals surface area contributed by atoms with Crippen LogP contribution in [-0.2, 0) is 4.79 Å². The Hall–Kier alpha value is -3.91. The van der Waals surface area contributed by atoms with Crippen LogP contribution in [0.25, 0.3) is 29.5 Å². The van der Waals surface area contributed by atoms with E-state index in [1.54, 1.807) is 6.08 Å². The second-order valence-corrected chi connectivity index (χ2v) is 8.47. The van der Waals surface area contributed by atoms with E-state index in [1.807, 2.05) is 39.0 Å². The van der Waals surface area contributed by atoms with Crippen molar-refractivity contribution >= 4 is 36.4 Å². The van der Waals surface area contributed by atoms with Gasteiger partial charge in [0.05, 0.1) is 5.69 Å². The third-order valence-corrected chi connectivity index (χ3v) is 6.14. The molecule has 8 heteroatoms. The van der Waals surface area contributed by atoms with Gasteiger partial charge in [0.15, 0.2) is 0 Å². The molecule has 2 aromatic carbocycles. The molecule has 0 atom stereocenters. The van der Waals surface area contributed by atoms with Crippen LogP contribution in [0, 0.1) is 18.6 Å². The highest BCUT2D eigenvalue weighted by atomic mass is 19.1. The van der Waals surface area contributed by atoms with Gasteiger partial charge in [0.1, 0.15) is 17.5 Å². The fraction of sp³-hybridized carbons (Fsp3) is 0.323. The minimum Gasteiger partial charge on any atom is -0.354 e. The number of rotatable bonds is 13. The third kappa shape index (κ3) is 8.55. The zero-order valence-electron chi connectivity index (χ0n) is 23.5. The Kier molecular flexibility index (Phi) is 13.0. The van der Waals surface area contributed by atoms with Crippen molar-refractivity contribution in [2.45, 2.75) is 41.0 Å². The van der Waals surface area contributed by atoms with Gasteiger partial charge in [0.25, 0.3) is 0 Å². The molecular weight excluding hydrogens is 496 g/mol. The van der Waals surface area contributed by atoms with Gasteiger partial charge in [0.2, 0.25) is 12.4 Å². The van der Waals surface area contributed by atoms with Gasteiger partial charge in [-0.3, -0.25) is 4.79 Å². The molecule has 6 nitrogen and oxygen atoms in total. The number of hydrogen-bond donors (Lipinski definition) is 2. The van der Waals surface area contributed by atoms with E-state index in [0.717, 1.165) is 42.7 Å². The molecule has 2 N–H and O–H groups in total. The smallest absolute Gasteiger partial charge is 0.225 e. The van der Waals surface area contributed by atoms with Crippen molar-refractivity contribution < 1.29 is 13.6 Å². The molecule has 0 saturated carbocycles. The van der Waals surface area contributed by atoms with Crippen LogP contribution in [-0.4, -0.2) is 47.5 Å². The van der Waals surface area contributed by atoms with Gasteiger partial charge in [-0.15, -0.1) is 0 Å². The van der Waals surface area contributed by atoms with Crippen LogP contribution in [0.3, 0.4) is 0 Å². The van der Waals surface area contributed by atoms with E-state index in [-0.39, 0.29) is 11.4 Å². The SMILES string of the molecule is C=Cc1ccc(C)c(-c2nc(NCCCN(CC)CC)nc(NC=O)c2/C=C\c2c(F)cccc2F)c1.CC. The monoisotopic (exact) mass is 535 g/mol. The van der Waals surface area contributed by atoms with Crippen LogP contribution in [0.15, 0.2) is 43.0 Å². The maximum atomic E-state index is 14.3. The molecule has 0 unspecified atom stereocenters. The van der Waals surface area contributed by atoms with Gasteiger partial charge >= 0.3 is 0 Å². The van der Waals surface area contributed by atoms with E-state index in [4.69, 9.17) is 4.98 Å². The lowest BCUT2D eigenvalue weighted by Crippen LogP contribution is -2.25. The number of aryl methyl sites for hydroxylation is 1. The summed E-state index contributed by atoms with van der Waals surface area (Å²) in [5.41, 5.74) is 3.34. The van der Waals surface area contributed by atoms with Gasteiger partial charge < -0.3 is 15.5 Å². The first-order chi connectivity index (χ1) is 18.9. The summed E-state index contributed by atoms with van der Waals surface area (Å²) in [5.74, 6) is -0.820. The molecule has 0 aliphatic carbocycles. The number of benzene rings is 2. The van der Waals surface area contributed by atoms with Crippen molar-refractivity contribution in [3.8, 4) is 11.3 Å². The quantitative estimate of drug-likeness (QED) is 0.178. The maximum Gasteiger partial charge on any atom is 0.225 e. The number of carbonyl (C=O) groups is 1. The lowest BCUT2D eigenvalue weighted by Gasteiger charge is -2.18. The summed E-state index contributed by atoms with van der Waals surface area (Å²) >= 11 is 0. The second kappa shape index (κ2) is 16.1. The molecule has 3 aromatic rings. The highest BCUT2D eigenvalue weighted by molar-refractivity contribution is 5.89. The summed E-state index contributed by atoms with van der Waals surface area (Å²) < 4.78 is 28.6. The van der Waals surface area contributed by atoms with Gasteiger partial charge in [-0.1, -0.05) is 58.5 Å². The van der Waals surface area contributed by atoms with Crippen LogP contribution >= 0.6 is 0 Å². The number of nitrogens with zero attached hydrogens (tertiary/aromatic N) is 3. The van der Waals surface area contributed by atoms with E-state index in [2.05, 4.69) is 40.9 Å². The van der Waals surface area contributed by atoms with Gasteiger partial charge in [-0.2, -0.15) is 4.98 Å². The molecule has 1 heterocycles. The maximum absolute atomic E-state index is 14.3. The van der Waals surface area contributed by atoms with E-state index >= 15 is 0 Å². The Morgan fingerprint density at radius 2 is 1.67 bits per heavy atom. The number of halogens is 2. The number of amides is 1. The highest BCUT2D eigenvalue weighted by Crippen LogP contribution is 2.33. The number of carbonyl (C=O) groups excluding carboxylic acids is 1. The van der Waals surface area contributed by atoms with Crippen molar-refractivity contribution in [3.05, 3.63) is 76.9 Å². The van der Waals surface area contributed by atoms with Gasteiger partial charge in [0, 0.05) is 23.2 Å². The molecule has 0 fully saturated rings. The molecule has 3 rings (SSSR count). The van der Waals surface area contributed by atoms with Crippen molar-refractivity contribution in [1.82, 2.24) is 14.9 Å². The Balaban J connectivity index is 0.00000260. The minimum atomic E-state index is -0.695. The topological polar surface area (TPSA) is 70.2 Å². The molecule has 1 aromatic heterocycles. The van der Waals surface area contributed by atoms with E-state index in [9.17, 15) is 13.6 Å². The summed E-state index contributed by atoms with van der Waals surface area (Å²) in [5, 5.41) is 5.88. The average Bonchev–Trinajstić information content (AvgIpc) is 2.95. The molecule has 39 heavy (non-hydrogen) atoms. The predicted molar refractivity (Wildman–Crippen MR) is 160 cm³/mol. The Labute approximate surface area is 230 Å². The first kappa shape index (κ1) is 31.3. The van der Waals surface area contributed by atoms with Crippen LogP contribution in [0.2, 0.25) is 0 Å². The first-order valence-electron chi connectivity index (χ1n) is 13.4. The summed E-state index contributed by atoms with van der Waals surface area (Å²) in [6.45, 7) is 17.6. The molecule has 0 aliphatic rings. The largest absolute Gasteiger partial charge is 0.354 e. The zero-order valence-corrected chi connectivity index (χ0v) is 23.5. The van der Waals surface area contributed by atoms with Crippen LogP contribution in [0.5, 0.6) is 0 Å². The van der Waals surface area contributed by atoms with Crippen LogP contribution < -0.4 is 10.6 Å². The third-order valence-electron chi connectivity index (χ3n) is 6.14. The predicted octanol–water partition coefficient (Wildman–Crippen LogP) is 7.28. The van der Waals surface area contributed by atoms with E-state index in [0.29, 0.717) is 30.2 Å². The van der Waals surface area contributed by atoms with Crippen LogP contribution in [0.1, 0.15) is 56.4 Å². The lowest BCUT2D eigenvalue weighted by molar-refractivity contribution is -0.105. The van der Waals surface area contributed by atoms with Gasteiger partial charge in [-0.05, 0) is 74.5 Å². The Morgan fingerprint density at radius 1 is 1.00 bits per heavy atom. The Bertz CT molecular complexity index is 1250. The van der Waals surface area contributed by atoms with Crippen molar-refractivity contribution in [3.63, 3.8) is 0 Å². The summed E-state index contributed by atoms with van der Waals surface area (Å²) in [7, 11) is 0. The standard InChI is InChI=1S/C29H33F2N5O.C2H6/c1-5-21-13-12-20(4)24(18-21)27-23(15-14-22-25(30)10-8-11-26(22)31)28(33-19-37)35-29(34-27)32-16-9-17-36(6-2)7-3;1-2/h5,8,10-15,18-19H,1,6-7,9,16-17H2,2-4H3,(H2,32,33,34,35,37);1-2H3/b15-14-;. The molecule has 0 radical (unpaired) electrons. The molecule has 208 valence electrons. The summed E-state index contributed by atoms with van der Waals surface area (Å²) in [6.07, 6.45) is 5.98. The van der Waals surface area contributed by atoms with E-state index < -0.39 is 11.6 Å². The highest BCUT2D eigenvalue weighted by Gasteiger charge is 2.17. The second-order valence-electron chi connectivity index (χ2n) is 8.47. The minimum absolute atomic E-state index is 0.194. The van der Waals surface area contributed by atoms with Crippen molar-refractivity contribution in [2.75, 3.05) is 36.8 Å². The molecule has 1 amide bonds. The first-order valence-corrected chi connectivity index (χ1v) is 13.4. The number of nitrogens with one attached hydrogen (secondary N) is 2. The molecular formula is C31H39F2N5O. The fourth-order valence-corrected chi connectivity index (χ4v) is 3.98. The van der Waals surface area contributed by atoms with Gasteiger partial charge in [-0.25, -0.2) is 13.8 Å². The van der Waals surface area contributed by atoms with E-state index in [1.165, 1.54) is 30.4 Å². The number of hydrogen-bond acceptors (Lipinski definition) is 5. The molecule has 0 bridgehead atoms. The summed E-state index contributed by atoms with van der Waals surface area (Å²) in [4.78, 5) is 23.1. The normalized spacial score (nSPS) is 10.8. The molecule has 0 spiro atoms. The number of aromatic nitrogens is 2. The summed E-state index contributed by atoms with van der Waals surface area (Å²) in [6, 6.07) is 9.50. The number of anilines is 2. The van der Waals surface area contributed by atoms with Crippen LogP contribution in [0.4, 0.5) is 20.5 Å². The molecule has 0 aliphatic heterocycles. The fourth-order valence-electron chi connectivity index (χ4n) is 3.98. The average molecular weight is 536 g/mol. The Morgan fingerprint density at radius 3 is 2.28 bits per heavy atom. The zero-order chi connectivity index (χ0) is 28.8. The molecule has 0 saturated heterocycles. The van der Waals surface area contributed by atoms with Crippen molar-refractivity contribution in [2.24, 2.45) is 0 Å². The lowest BCUT2D eigenvalue weighted by atomic mass is 9.98.